The van der Waals surface area contributed by atoms with Crippen LogP contribution in [0.3, 0.4) is 0 Å². The Kier molecular flexibility index (Phi) is 5.21. The number of benzene rings is 3. The lowest BCUT2D eigenvalue weighted by atomic mass is 10.1. The third kappa shape index (κ3) is 3.54. The molecule has 8 nitrogen and oxygen atoms in total. The molecule has 0 aliphatic heterocycles. The summed E-state index contributed by atoms with van der Waals surface area (Å²) < 4.78 is 34.3. The van der Waals surface area contributed by atoms with Crippen molar-refractivity contribution in [2.75, 3.05) is 12.4 Å². The molecule has 5 rings (SSSR count). The van der Waals surface area contributed by atoms with Crippen LogP contribution in [0.1, 0.15) is 16.7 Å². The number of ether oxygens (including phenoxy) is 1. The minimum atomic E-state index is -3.97. The number of anilines is 2. The van der Waals surface area contributed by atoms with Crippen molar-refractivity contribution in [2.45, 2.75) is 30.7 Å². The van der Waals surface area contributed by atoms with Gasteiger partial charge in [-0.2, -0.15) is 4.52 Å². The largest absolute Gasteiger partial charge is 0.497 e. The Morgan fingerprint density at radius 2 is 1.68 bits per heavy atom. The molecular weight excluding hydrogens is 450 g/mol. The highest BCUT2D eigenvalue weighted by Crippen LogP contribution is 2.32. The number of nitrogens with one attached hydrogen (secondary N) is 1. The van der Waals surface area contributed by atoms with Gasteiger partial charge in [0.2, 0.25) is 14.9 Å². The zero-order chi connectivity index (χ0) is 24.0. The van der Waals surface area contributed by atoms with Crippen LogP contribution in [0.15, 0.2) is 70.6 Å². The van der Waals surface area contributed by atoms with E-state index in [0.717, 1.165) is 16.6 Å². The Bertz CT molecular complexity index is 1650. The van der Waals surface area contributed by atoms with Crippen molar-refractivity contribution in [3.63, 3.8) is 0 Å². The van der Waals surface area contributed by atoms with Crippen molar-refractivity contribution in [2.24, 2.45) is 0 Å². The van der Waals surface area contributed by atoms with Gasteiger partial charge in [-0.1, -0.05) is 41.1 Å². The summed E-state index contributed by atoms with van der Waals surface area (Å²) in [4.78, 5) is 4.92. The van der Waals surface area contributed by atoms with E-state index < -0.39 is 9.84 Å². The summed E-state index contributed by atoms with van der Waals surface area (Å²) in [6.07, 6.45) is 0. The van der Waals surface area contributed by atoms with Gasteiger partial charge in [-0.25, -0.2) is 13.4 Å². The average Bonchev–Trinajstić information content (AvgIpc) is 3.23. The molecule has 0 aliphatic carbocycles. The maximum Gasteiger partial charge on any atom is 0.230 e. The lowest BCUT2D eigenvalue weighted by Crippen LogP contribution is -2.09. The van der Waals surface area contributed by atoms with E-state index in [2.05, 4.69) is 20.6 Å². The van der Waals surface area contributed by atoms with Crippen molar-refractivity contribution in [3.8, 4) is 5.75 Å². The number of aryl methyl sites for hydroxylation is 3. The zero-order valence-electron chi connectivity index (χ0n) is 19.2. The second-order valence-electron chi connectivity index (χ2n) is 8.20. The second kappa shape index (κ2) is 8.11. The molecule has 0 bridgehead atoms. The highest BCUT2D eigenvalue weighted by atomic mass is 32.2. The van der Waals surface area contributed by atoms with Crippen molar-refractivity contribution in [1.82, 2.24) is 19.8 Å². The van der Waals surface area contributed by atoms with E-state index in [0.29, 0.717) is 28.2 Å². The van der Waals surface area contributed by atoms with E-state index in [-0.39, 0.29) is 15.6 Å². The van der Waals surface area contributed by atoms with Crippen molar-refractivity contribution >= 4 is 37.9 Å². The molecule has 0 aliphatic rings. The Morgan fingerprint density at radius 3 is 2.41 bits per heavy atom. The van der Waals surface area contributed by atoms with Gasteiger partial charge in [-0.3, -0.25) is 0 Å². The molecular formula is C25H23N5O3S. The standard InChI is InChI=1S/C25H23N5O3S/c1-15-12-16(2)22(17(3)13-15)34(31,32)25-24-27-23(26-18-8-7-9-19(14-18)33-4)20-10-5-6-11-21(20)30(24)29-28-25/h5-14H,1-4H3,(H,26,27). The summed E-state index contributed by atoms with van der Waals surface area (Å²) in [7, 11) is -2.37. The van der Waals surface area contributed by atoms with Crippen molar-refractivity contribution in [1.29, 1.82) is 0 Å². The lowest BCUT2D eigenvalue weighted by Gasteiger charge is -2.12. The van der Waals surface area contributed by atoms with Crippen LogP contribution in [0.4, 0.5) is 11.5 Å². The summed E-state index contributed by atoms with van der Waals surface area (Å²) in [6.45, 7) is 5.52. The molecule has 0 spiro atoms. The first kappa shape index (κ1) is 21.8. The molecule has 0 fully saturated rings. The number of sulfone groups is 1. The Labute approximate surface area is 197 Å². The first-order valence-corrected chi connectivity index (χ1v) is 12.2. The van der Waals surface area contributed by atoms with E-state index in [1.807, 2.05) is 67.6 Å². The molecule has 0 atom stereocenters. The summed E-state index contributed by atoms with van der Waals surface area (Å²) in [6, 6.07) is 18.6. The predicted octanol–water partition coefficient (Wildman–Crippen LogP) is 4.79. The molecule has 9 heteroatoms. The van der Waals surface area contributed by atoms with E-state index in [1.54, 1.807) is 21.0 Å². The highest BCUT2D eigenvalue weighted by Gasteiger charge is 2.30. The van der Waals surface area contributed by atoms with Gasteiger partial charge in [0.05, 0.1) is 17.5 Å². The Hall–Kier alpha value is -3.98. The molecule has 0 radical (unpaired) electrons. The van der Waals surface area contributed by atoms with Crippen LogP contribution in [0, 0.1) is 20.8 Å². The Balaban J connectivity index is 1.75. The molecule has 0 amide bonds. The fourth-order valence-electron chi connectivity index (χ4n) is 4.34. The van der Waals surface area contributed by atoms with E-state index in [1.165, 1.54) is 4.52 Å². The highest BCUT2D eigenvalue weighted by molar-refractivity contribution is 7.91. The number of nitrogens with zero attached hydrogens (tertiary/aromatic N) is 4. The third-order valence-electron chi connectivity index (χ3n) is 5.68. The molecule has 0 saturated carbocycles. The van der Waals surface area contributed by atoms with Gasteiger partial charge in [-0.15, -0.1) is 5.10 Å². The SMILES string of the molecule is COc1cccc(Nc2nc3c(S(=O)(=O)c4c(C)cc(C)cc4C)nnn3c3ccccc23)c1. The lowest BCUT2D eigenvalue weighted by molar-refractivity contribution is 0.415. The Morgan fingerprint density at radius 1 is 0.941 bits per heavy atom. The molecule has 2 heterocycles. The number of aromatic nitrogens is 4. The molecule has 172 valence electrons. The fourth-order valence-corrected chi connectivity index (χ4v) is 6.01. The van der Waals surface area contributed by atoms with Crippen molar-refractivity contribution < 1.29 is 13.2 Å². The molecule has 5 aromatic rings. The maximum atomic E-state index is 13.8. The van der Waals surface area contributed by atoms with Crippen LogP contribution in [0.2, 0.25) is 0 Å². The molecule has 0 saturated heterocycles. The van der Waals surface area contributed by atoms with Gasteiger partial charge in [0, 0.05) is 17.1 Å². The normalized spacial score (nSPS) is 11.8. The first-order chi connectivity index (χ1) is 16.3. The minimum absolute atomic E-state index is 0.156. The molecule has 1 N–H and O–H groups in total. The van der Waals surface area contributed by atoms with Crippen LogP contribution in [-0.4, -0.2) is 35.3 Å². The molecule has 2 aromatic heterocycles. The van der Waals surface area contributed by atoms with Gasteiger partial charge < -0.3 is 10.1 Å². The number of hydrogen-bond acceptors (Lipinski definition) is 7. The van der Waals surface area contributed by atoms with E-state index in [4.69, 9.17) is 4.74 Å². The number of hydrogen-bond donors (Lipinski definition) is 1. The predicted molar refractivity (Wildman–Crippen MR) is 131 cm³/mol. The van der Waals surface area contributed by atoms with Crippen LogP contribution in [0.25, 0.3) is 16.6 Å². The monoisotopic (exact) mass is 473 g/mol. The number of rotatable bonds is 5. The average molecular weight is 474 g/mol. The van der Waals surface area contributed by atoms with E-state index >= 15 is 0 Å². The van der Waals surface area contributed by atoms with Gasteiger partial charge in [0.15, 0.2) is 5.65 Å². The van der Waals surface area contributed by atoms with Crippen LogP contribution in [-0.2, 0) is 9.84 Å². The van der Waals surface area contributed by atoms with Crippen LogP contribution < -0.4 is 10.1 Å². The van der Waals surface area contributed by atoms with Gasteiger partial charge >= 0.3 is 0 Å². The molecule has 0 unspecified atom stereocenters. The summed E-state index contributed by atoms with van der Waals surface area (Å²) in [5.74, 6) is 1.18. The first-order valence-electron chi connectivity index (χ1n) is 10.7. The summed E-state index contributed by atoms with van der Waals surface area (Å²) in [5, 5.41) is 12.1. The second-order valence-corrected chi connectivity index (χ2v) is 10.00. The van der Waals surface area contributed by atoms with Gasteiger partial charge in [0.25, 0.3) is 0 Å². The maximum absolute atomic E-state index is 13.8. The fraction of sp³-hybridized carbons (Fsp3) is 0.160. The third-order valence-corrected chi connectivity index (χ3v) is 7.64. The minimum Gasteiger partial charge on any atom is -0.497 e. The quantitative estimate of drug-likeness (QED) is 0.392. The number of methoxy groups -OCH3 is 1. The topological polar surface area (TPSA) is 98.5 Å². The molecule has 34 heavy (non-hydrogen) atoms. The van der Waals surface area contributed by atoms with Gasteiger partial charge in [-0.05, 0) is 56.2 Å². The smallest absolute Gasteiger partial charge is 0.230 e. The van der Waals surface area contributed by atoms with Crippen LogP contribution >= 0.6 is 0 Å². The number of para-hydroxylation sites is 1. The summed E-state index contributed by atoms with van der Waals surface area (Å²) >= 11 is 0. The number of fused-ring (bicyclic) bond motifs is 3. The summed E-state index contributed by atoms with van der Waals surface area (Å²) in [5.41, 5.74) is 3.91. The van der Waals surface area contributed by atoms with Crippen LogP contribution in [0.5, 0.6) is 5.75 Å². The van der Waals surface area contributed by atoms with Crippen molar-refractivity contribution in [3.05, 3.63) is 77.4 Å². The zero-order valence-corrected chi connectivity index (χ0v) is 20.0. The van der Waals surface area contributed by atoms with E-state index in [9.17, 15) is 8.42 Å². The molecule has 3 aromatic carbocycles. The van der Waals surface area contributed by atoms with Gasteiger partial charge in [0.1, 0.15) is 11.6 Å².